The van der Waals surface area contributed by atoms with E-state index in [9.17, 15) is 0 Å². The van der Waals surface area contributed by atoms with Crippen LogP contribution in [0.3, 0.4) is 0 Å². The summed E-state index contributed by atoms with van der Waals surface area (Å²) < 4.78 is 3.10. The lowest BCUT2D eigenvalue weighted by molar-refractivity contribution is 0.526. The minimum absolute atomic E-state index is 0.246. The highest BCUT2D eigenvalue weighted by Gasteiger charge is 2.12. The number of hydrogen-bond donors (Lipinski definition) is 1. The second kappa shape index (κ2) is 7.85. The molecule has 1 N–H and O–H groups in total. The van der Waals surface area contributed by atoms with E-state index >= 15 is 0 Å². The van der Waals surface area contributed by atoms with Crippen molar-refractivity contribution in [3.63, 3.8) is 0 Å². The minimum atomic E-state index is 0.246. The normalized spacial score (nSPS) is 12.3. The molecule has 0 fully saturated rings. The number of fused-ring (bicyclic) bond motifs is 1. The van der Waals surface area contributed by atoms with E-state index in [0.29, 0.717) is 0 Å². The lowest BCUT2D eigenvalue weighted by atomic mass is 9.99. The van der Waals surface area contributed by atoms with Gasteiger partial charge in [-0.1, -0.05) is 60.7 Å². The lowest BCUT2D eigenvalue weighted by Crippen LogP contribution is -2.23. The van der Waals surface area contributed by atoms with Gasteiger partial charge in [-0.15, -0.1) is 0 Å². The highest BCUT2D eigenvalue weighted by molar-refractivity contribution is 9.10. The Bertz CT molecular complexity index is 980. The fourth-order valence-electron chi connectivity index (χ4n) is 3.17. The van der Waals surface area contributed by atoms with Crippen LogP contribution in [0, 0.1) is 0 Å². The number of nitrogens with zero attached hydrogens (tertiary/aromatic N) is 2. The Morgan fingerprint density at radius 1 is 0.885 bits per heavy atom. The third-order valence-electron chi connectivity index (χ3n) is 4.48. The molecule has 2 heterocycles. The van der Waals surface area contributed by atoms with Gasteiger partial charge in [0.15, 0.2) is 0 Å². The molecule has 0 aliphatic heterocycles. The fraction of sp³-hybridized carbons (Fsp3) is 0.136. The van der Waals surface area contributed by atoms with Gasteiger partial charge in [-0.05, 0) is 45.6 Å². The molecule has 4 rings (SSSR count). The summed E-state index contributed by atoms with van der Waals surface area (Å²) in [6, 6.07) is 25.5. The van der Waals surface area contributed by atoms with Gasteiger partial charge in [0.25, 0.3) is 0 Å². The van der Waals surface area contributed by atoms with Gasteiger partial charge in [0.05, 0.1) is 5.69 Å². The number of nitrogens with one attached hydrogen (secondary N) is 1. The first kappa shape index (κ1) is 17.0. The number of pyridine rings is 1. The zero-order chi connectivity index (χ0) is 17.8. The molecule has 0 aliphatic carbocycles. The molecular formula is C22H20BrN3. The molecule has 1 atom stereocenters. The highest BCUT2D eigenvalue weighted by atomic mass is 79.9. The van der Waals surface area contributed by atoms with Gasteiger partial charge in [-0.2, -0.15) is 0 Å². The Kier molecular flexibility index (Phi) is 5.14. The van der Waals surface area contributed by atoms with E-state index < -0.39 is 0 Å². The molecule has 0 saturated carbocycles. The molecule has 0 amide bonds. The predicted octanol–water partition coefficient (Wildman–Crippen LogP) is 5.17. The molecule has 0 saturated heterocycles. The van der Waals surface area contributed by atoms with E-state index in [-0.39, 0.29) is 6.04 Å². The zero-order valence-corrected chi connectivity index (χ0v) is 15.9. The molecule has 26 heavy (non-hydrogen) atoms. The second-order valence-corrected chi connectivity index (χ2v) is 7.29. The first-order valence-corrected chi connectivity index (χ1v) is 9.52. The SMILES string of the molecule is Brc1ccc2nc(CNC(Cc3ccccc3)c3ccccc3)cn2c1. The van der Waals surface area contributed by atoms with E-state index in [1.54, 1.807) is 0 Å². The van der Waals surface area contributed by atoms with Crippen molar-refractivity contribution in [3.8, 4) is 0 Å². The average Bonchev–Trinajstić information content (AvgIpc) is 3.08. The molecule has 0 aliphatic rings. The first-order chi connectivity index (χ1) is 12.8. The molecule has 4 heteroatoms. The van der Waals surface area contributed by atoms with Crippen LogP contribution in [-0.2, 0) is 13.0 Å². The quantitative estimate of drug-likeness (QED) is 0.479. The van der Waals surface area contributed by atoms with Crippen molar-refractivity contribution >= 4 is 21.6 Å². The number of imidazole rings is 1. The number of hydrogen-bond acceptors (Lipinski definition) is 2. The van der Waals surface area contributed by atoms with E-state index in [0.717, 1.165) is 28.8 Å². The Labute approximate surface area is 161 Å². The topological polar surface area (TPSA) is 29.3 Å². The van der Waals surface area contributed by atoms with Crippen LogP contribution >= 0.6 is 15.9 Å². The Balaban J connectivity index is 1.53. The summed E-state index contributed by atoms with van der Waals surface area (Å²) in [7, 11) is 0. The highest BCUT2D eigenvalue weighted by Crippen LogP contribution is 2.19. The van der Waals surface area contributed by atoms with Crippen LogP contribution in [0.2, 0.25) is 0 Å². The van der Waals surface area contributed by atoms with E-state index in [4.69, 9.17) is 4.98 Å². The van der Waals surface area contributed by atoms with Crippen LogP contribution in [0.1, 0.15) is 22.9 Å². The lowest BCUT2D eigenvalue weighted by Gasteiger charge is -2.19. The maximum absolute atomic E-state index is 4.71. The van der Waals surface area contributed by atoms with Crippen molar-refractivity contribution in [1.82, 2.24) is 14.7 Å². The van der Waals surface area contributed by atoms with E-state index in [2.05, 4.69) is 92.5 Å². The molecule has 1 unspecified atom stereocenters. The summed E-state index contributed by atoms with van der Waals surface area (Å²) in [5.74, 6) is 0. The summed E-state index contributed by atoms with van der Waals surface area (Å²) in [6.45, 7) is 0.728. The van der Waals surface area contributed by atoms with Crippen molar-refractivity contribution in [2.75, 3.05) is 0 Å². The van der Waals surface area contributed by atoms with Crippen LogP contribution in [0.15, 0.2) is 89.7 Å². The van der Waals surface area contributed by atoms with E-state index in [1.807, 2.05) is 18.3 Å². The summed E-state index contributed by atoms with van der Waals surface area (Å²) in [5.41, 5.74) is 4.62. The molecule has 0 bridgehead atoms. The molecule has 4 aromatic rings. The summed E-state index contributed by atoms with van der Waals surface area (Å²) in [6.07, 6.45) is 5.06. The maximum atomic E-state index is 4.71. The standard InChI is InChI=1S/C22H20BrN3/c23-19-11-12-22-25-20(16-26(22)15-19)14-24-21(18-9-5-2-6-10-18)13-17-7-3-1-4-8-17/h1-12,15-16,21,24H,13-14H2. The number of rotatable bonds is 6. The molecule has 0 radical (unpaired) electrons. The third-order valence-corrected chi connectivity index (χ3v) is 4.95. The number of benzene rings is 2. The molecule has 0 spiro atoms. The van der Waals surface area contributed by atoms with Gasteiger partial charge in [-0.3, -0.25) is 0 Å². The van der Waals surface area contributed by atoms with Crippen molar-refractivity contribution in [1.29, 1.82) is 0 Å². The Morgan fingerprint density at radius 2 is 1.62 bits per heavy atom. The molecule has 2 aromatic heterocycles. The number of aromatic nitrogens is 2. The molecule has 2 aromatic carbocycles. The van der Waals surface area contributed by atoms with Crippen LogP contribution in [0.5, 0.6) is 0 Å². The fourth-order valence-corrected chi connectivity index (χ4v) is 3.53. The van der Waals surface area contributed by atoms with Crippen molar-refractivity contribution in [2.45, 2.75) is 19.0 Å². The maximum Gasteiger partial charge on any atom is 0.137 e. The number of halogens is 1. The van der Waals surface area contributed by atoms with Gasteiger partial charge in [0, 0.05) is 29.5 Å². The van der Waals surface area contributed by atoms with Gasteiger partial charge in [-0.25, -0.2) is 4.98 Å². The largest absolute Gasteiger partial charge is 0.306 e. The first-order valence-electron chi connectivity index (χ1n) is 8.73. The smallest absolute Gasteiger partial charge is 0.137 e. The van der Waals surface area contributed by atoms with Crippen LogP contribution < -0.4 is 5.32 Å². The zero-order valence-electron chi connectivity index (χ0n) is 14.3. The van der Waals surface area contributed by atoms with Crippen LogP contribution in [0.25, 0.3) is 5.65 Å². The summed E-state index contributed by atoms with van der Waals surface area (Å²) in [4.78, 5) is 4.71. The molecule has 3 nitrogen and oxygen atoms in total. The van der Waals surface area contributed by atoms with Gasteiger partial charge < -0.3 is 9.72 Å². The van der Waals surface area contributed by atoms with Gasteiger partial charge in [0.2, 0.25) is 0 Å². The van der Waals surface area contributed by atoms with E-state index in [1.165, 1.54) is 11.1 Å². The van der Waals surface area contributed by atoms with Crippen molar-refractivity contribution < 1.29 is 0 Å². The average molecular weight is 406 g/mol. The van der Waals surface area contributed by atoms with Crippen molar-refractivity contribution in [2.24, 2.45) is 0 Å². The van der Waals surface area contributed by atoms with Crippen LogP contribution in [0.4, 0.5) is 0 Å². The Hall–Kier alpha value is -2.43. The summed E-state index contributed by atoms with van der Waals surface area (Å²) >= 11 is 3.51. The van der Waals surface area contributed by atoms with Gasteiger partial charge in [0.1, 0.15) is 5.65 Å². The van der Waals surface area contributed by atoms with Crippen molar-refractivity contribution in [3.05, 3.63) is 106 Å². The summed E-state index contributed by atoms with van der Waals surface area (Å²) in [5, 5.41) is 3.69. The monoisotopic (exact) mass is 405 g/mol. The molecular weight excluding hydrogens is 386 g/mol. The second-order valence-electron chi connectivity index (χ2n) is 6.38. The Morgan fingerprint density at radius 3 is 2.38 bits per heavy atom. The van der Waals surface area contributed by atoms with Gasteiger partial charge >= 0.3 is 0 Å². The molecule has 130 valence electrons. The third kappa shape index (κ3) is 4.03. The predicted molar refractivity (Wildman–Crippen MR) is 109 cm³/mol. The minimum Gasteiger partial charge on any atom is -0.306 e. The van der Waals surface area contributed by atoms with Crippen LogP contribution in [-0.4, -0.2) is 9.38 Å².